The number of fused-ring (bicyclic) bond motifs is 2. The zero-order valence-electron chi connectivity index (χ0n) is 26.6. The molecule has 0 aromatic heterocycles. The van der Waals surface area contributed by atoms with Gasteiger partial charge in [0.2, 0.25) is 6.79 Å². The van der Waals surface area contributed by atoms with Gasteiger partial charge in [0, 0.05) is 12.5 Å². The van der Waals surface area contributed by atoms with Gasteiger partial charge in [-0.3, -0.25) is 0 Å². The van der Waals surface area contributed by atoms with E-state index in [1.807, 2.05) is 42.5 Å². The molecule has 3 aromatic rings. The summed E-state index contributed by atoms with van der Waals surface area (Å²) < 4.78 is 37.4. The standard InChI is InChI=1S/C36H46O6Si/c1-24(2)43(25(3)4,26(5)6)42-22-33-29(21-38-31-15-13-30(37-7)14-16-31)17-28-18-34-35(41-23-40-34)19-32(28)36(33)39-20-27-11-9-8-10-12-27/h8-19,24-26,33,36H,20-23H2,1-7H3/t33-,36-/m0/s1. The summed E-state index contributed by atoms with van der Waals surface area (Å²) in [6, 6.07) is 22.2. The zero-order valence-corrected chi connectivity index (χ0v) is 27.6. The third kappa shape index (κ3) is 6.64. The lowest BCUT2D eigenvalue weighted by Crippen LogP contribution is -2.49. The minimum absolute atomic E-state index is 0.0436. The normalized spacial score (nSPS) is 17.8. The molecule has 2 atom stereocenters. The van der Waals surface area contributed by atoms with Crippen molar-refractivity contribution in [3.05, 3.63) is 89.0 Å². The first kappa shape index (κ1) is 31.2. The molecule has 230 valence electrons. The molecule has 1 aliphatic heterocycles. The fourth-order valence-electron chi connectivity index (χ4n) is 6.94. The Morgan fingerprint density at radius 1 is 0.791 bits per heavy atom. The van der Waals surface area contributed by atoms with Crippen LogP contribution in [0.5, 0.6) is 23.0 Å². The van der Waals surface area contributed by atoms with Crippen LogP contribution in [0, 0.1) is 5.92 Å². The fourth-order valence-corrected chi connectivity index (χ4v) is 12.4. The van der Waals surface area contributed by atoms with Gasteiger partial charge in [0.25, 0.3) is 0 Å². The van der Waals surface area contributed by atoms with Gasteiger partial charge in [-0.15, -0.1) is 0 Å². The predicted molar refractivity (Wildman–Crippen MR) is 173 cm³/mol. The second kappa shape index (κ2) is 13.6. The predicted octanol–water partition coefficient (Wildman–Crippen LogP) is 8.97. The minimum Gasteiger partial charge on any atom is -0.497 e. The molecule has 1 heterocycles. The molecule has 2 aliphatic rings. The lowest BCUT2D eigenvalue weighted by atomic mass is 9.81. The van der Waals surface area contributed by atoms with E-state index in [-0.39, 0.29) is 18.8 Å². The van der Waals surface area contributed by atoms with Crippen LogP contribution in [-0.2, 0) is 15.8 Å². The van der Waals surface area contributed by atoms with Crippen LogP contribution < -0.4 is 18.9 Å². The van der Waals surface area contributed by atoms with Crippen molar-refractivity contribution in [2.24, 2.45) is 5.92 Å². The molecule has 0 bridgehead atoms. The van der Waals surface area contributed by atoms with Gasteiger partial charge in [-0.2, -0.15) is 0 Å². The van der Waals surface area contributed by atoms with Gasteiger partial charge in [-0.25, -0.2) is 0 Å². The highest BCUT2D eigenvalue weighted by Gasteiger charge is 2.46. The van der Waals surface area contributed by atoms with E-state index in [1.165, 1.54) is 0 Å². The van der Waals surface area contributed by atoms with Crippen LogP contribution in [0.2, 0.25) is 16.6 Å². The summed E-state index contributed by atoms with van der Waals surface area (Å²) >= 11 is 0. The van der Waals surface area contributed by atoms with Gasteiger partial charge in [0.15, 0.2) is 19.8 Å². The molecule has 7 heteroatoms. The van der Waals surface area contributed by atoms with Gasteiger partial charge in [0.05, 0.1) is 19.8 Å². The SMILES string of the molecule is COc1ccc(OCC2=Cc3cc4c(cc3[C@H](OCc3ccccc3)[C@H]2CO[Si](C(C)C)(C(C)C)C(C)C)OCO4)cc1. The Kier molecular flexibility index (Phi) is 9.84. The summed E-state index contributed by atoms with van der Waals surface area (Å²) in [7, 11) is -0.478. The molecule has 6 nitrogen and oxygen atoms in total. The molecular formula is C36H46O6Si. The molecule has 0 N–H and O–H groups in total. The molecule has 0 unspecified atom stereocenters. The van der Waals surface area contributed by atoms with Crippen molar-refractivity contribution in [1.82, 2.24) is 0 Å². The first-order valence-electron chi connectivity index (χ1n) is 15.4. The van der Waals surface area contributed by atoms with Crippen LogP contribution in [0.3, 0.4) is 0 Å². The quantitative estimate of drug-likeness (QED) is 0.182. The molecule has 1 aliphatic carbocycles. The van der Waals surface area contributed by atoms with Crippen LogP contribution in [0.25, 0.3) is 6.08 Å². The first-order valence-corrected chi connectivity index (χ1v) is 17.6. The molecule has 43 heavy (non-hydrogen) atoms. The highest BCUT2D eigenvalue weighted by Crippen LogP contribution is 2.48. The molecule has 5 rings (SSSR count). The summed E-state index contributed by atoms with van der Waals surface area (Å²) in [5.41, 5.74) is 5.85. The van der Waals surface area contributed by atoms with E-state index in [1.54, 1.807) is 7.11 Å². The lowest BCUT2D eigenvalue weighted by molar-refractivity contribution is -0.00895. The average molecular weight is 603 g/mol. The Bertz CT molecular complexity index is 1360. The van der Waals surface area contributed by atoms with E-state index < -0.39 is 8.32 Å². The van der Waals surface area contributed by atoms with Crippen LogP contribution in [0.1, 0.15) is 64.3 Å². The highest BCUT2D eigenvalue weighted by atomic mass is 28.4. The number of ether oxygens (including phenoxy) is 5. The van der Waals surface area contributed by atoms with Crippen molar-refractivity contribution < 1.29 is 28.1 Å². The summed E-state index contributed by atoms with van der Waals surface area (Å²) in [6.07, 6.45) is 1.99. The van der Waals surface area contributed by atoms with Crippen molar-refractivity contribution in [2.45, 2.75) is 70.9 Å². The highest BCUT2D eigenvalue weighted by molar-refractivity contribution is 6.77. The molecule has 0 amide bonds. The zero-order chi connectivity index (χ0) is 30.6. The van der Waals surface area contributed by atoms with Crippen molar-refractivity contribution in [1.29, 1.82) is 0 Å². The van der Waals surface area contributed by atoms with Crippen LogP contribution in [0.15, 0.2) is 72.3 Å². The summed E-state index contributed by atoms with van der Waals surface area (Å²) in [4.78, 5) is 0. The summed E-state index contributed by atoms with van der Waals surface area (Å²) in [5.74, 6) is 3.06. The van der Waals surface area contributed by atoms with Crippen LogP contribution >= 0.6 is 0 Å². The first-order chi connectivity index (χ1) is 20.7. The molecule has 0 spiro atoms. The van der Waals surface area contributed by atoms with Gasteiger partial charge < -0.3 is 28.1 Å². The van der Waals surface area contributed by atoms with Crippen LogP contribution in [-0.4, -0.2) is 35.4 Å². The molecule has 0 saturated carbocycles. The third-order valence-corrected chi connectivity index (χ3v) is 15.1. The van der Waals surface area contributed by atoms with Gasteiger partial charge in [-0.1, -0.05) is 78.0 Å². The fraction of sp³-hybridized carbons (Fsp3) is 0.444. The third-order valence-electron chi connectivity index (χ3n) is 9.02. The summed E-state index contributed by atoms with van der Waals surface area (Å²) in [5, 5.41) is 0. The van der Waals surface area contributed by atoms with Crippen molar-refractivity contribution in [3.8, 4) is 23.0 Å². The van der Waals surface area contributed by atoms with Crippen LogP contribution in [0.4, 0.5) is 0 Å². The lowest BCUT2D eigenvalue weighted by Gasteiger charge is -2.44. The molecule has 0 saturated heterocycles. The maximum atomic E-state index is 7.25. The van der Waals surface area contributed by atoms with Crippen molar-refractivity contribution in [3.63, 3.8) is 0 Å². The smallest absolute Gasteiger partial charge is 0.231 e. The number of methoxy groups -OCH3 is 1. The van der Waals surface area contributed by atoms with Crippen molar-refractivity contribution >= 4 is 14.4 Å². The second-order valence-corrected chi connectivity index (χ2v) is 17.9. The Balaban J connectivity index is 1.52. The number of hydrogen-bond donors (Lipinski definition) is 0. The molecule has 0 fully saturated rings. The molecule has 3 aromatic carbocycles. The Morgan fingerprint density at radius 2 is 1.42 bits per heavy atom. The monoisotopic (exact) mass is 602 g/mol. The summed E-state index contributed by atoms with van der Waals surface area (Å²) in [6.45, 7) is 15.7. The minimum atomic E-state index is -2.15. The maximum absolute atomic E-state index is 7.25. The maximum Gasteiger partial charge on any atom is 0.231 e. The Morgan fingerprint density at radius 3 is 2.05 bits per heavy atom. The molecular weight excluding hydrogens is 556 g/mol. The molecule has 0 radical (unpaired) electrons. The average Bonchev–Trinajstić information content (AvgIpc) is 3.46. The largest absolute Gasteiger partial charge is 0.497 e. The van der Waals surface area contributed by atoms with E-state index >= 15 is 0 Å². The Hall–Kier alpha value is -3.26. The number of hydrogen-bond acceptors (Lipinski definition) is 6. The Labute approximate surface area is 258 Å². The van der Waals surface area contributed by atoms with E-state index in [4.69, 9.17) is 28.1 Å². The second-order valence-electron chi connectivity index (χ2n) is 12.5. The topological polar surface area (TPSA) is 55.4 Å². The number of rotatable bonds is 13. The van der Waals surface area contributed by atoms with Gasteiger partial charge in [0.1, 0.15) is 18.1 Å². The van der Waals surface area contributed by atoms with E-state index in [2.05, 4.69) is 71.9 Å². The van der Waals surface area contributed by atoms with Gasteiger partial charge in [-0.05, 0) is 75.3 Å². The van der Waals surface area contributed by atoms with E-state index in [9.17, 15) is 0 Å². The van der Waals surface area contributed by atoms with Crippen molar-refractivity contribution in [2.75, 3.05) is 27.1 Å². The number of benzene rings is 3. The van der Waals surface area contributed by atoms with Gasteiger partial charge >= 0.3 is 0 Å². The van der Waals surface area contributed by atoms with E-state index in [0.717, 1.165) is 45.3 Å². The van der Waals surface area contributed by atoms with E-state index in [0.29, 0.717) is 36.4 Å².